The van der Waals surface area contributed by atoms with Gasteiger partial charge in [0, 0.05) is 12.5 Å². The summed E-state index contributed by atoms with van der Waals surface area (Å²) in [7, 11) is -7.78. The van der Waals surface area contributed by atoms with E-state index in [1.54, 1.807) is 33.8 Å². The highest BCUT2D eigenvalue weighted by Gasteiger charge is 2.51. The maximum atomic E-state index is 13.3. The molecule has 11 heteroatoms. The Bertz CT molecular complexity index is 573. The number of anilines is 1. The Kier molecular flexibility index (Phi) is 10.1. The topological polar surface area (TPSA) is 109 Å². The zero-order valence-electron chi connectivity index (χ0n) is 16.1. The molecule has 0 saturated carbocycles. The summed E-state index contributed by atoms with van der Waals surface area (Å²) < 4.78 is 53.4. The first-order valence-electron chi connectivity index (χ1n) is 8.88. The number of rotatable bonds is 14. The van der Waals surface area contributed by atoms with E-state index in [-0.39, 0.29) is 32.2 Å². The molecule has 0 atom stereocenters. The molecule has 0 spiro atoms. The van der Waals surface area contributed by atoms with Gasteiger partial charge < -0.3 is 27.9 Å². The zero-order valence-corrected chi connectivity index (χ0v) is 17.9. The Morgan fingerprint density at radius 1 is 0.962 bits per heavy atom. The van der Waals surface area contributed by atoms with Crippen LogP contribution in [0.3, 0.4) is 0 Å². The van der Waals surface area contributed by atoms with Crippen molar-refractivity contribution in [1.29, 1.82) is 0 Å². The van der Waals surface area contributed by atoms with Crippen LogP contribution in [0.25, 0.3) is 0 Å². The lowest BCUT2D eigenvalue weighted by Crippen LogP contribution is -2.25. The van der Waals surface area contributed by atoms with Crippen LogP contribution in [0.2, 0.25) is 0 Å². The Labute approximate surface area is 155 Å². The molecular formula is C15H30N2O7P2. The van der Waals surface area contributed by atoms with Gasteiger partial charge in [-0.05, 0) is 34.1 Å². The predicted molar refractivity (Wildman–Crippen MR) is 99.6 cm³/mol. The van der Waals surface area contributed by atoms with Crippen LogP contribution in [0.5, 0.6) is 0 Å². The first kappa shape index (κ1) is 23.3. The lowest BCUT2D eigenvalue weighted by atomic mass is 10.3. The second kappa shape index (κ2) is 11.2. The van der Waals surface area contributed by atoms with E-state index in [4.69, 9.17) is 22.6 Å². The molecular weight excluding hydrogens is 382 g/mol. The van der Waals surface area contributed by atoms with Gasteiger partial charge in [-0.3, -0.25) is 9.13 Å². The fraction of sp³-hybridized carbons (Fsp3) is 0.800. The molecule has 1 aromatic heterocycles. The van der Waals surface area contributed by atoms with Gasteiger partial charge in [0.2, 0.25) is 5.52 Å². The van der Waals surface area contributed by atoms with Gasteiger partial charge in [0.05, 0.1) is 26.4 Å². The van der Waals surface area contributed by atoms with Crippen LogP contribution < -0.4 is 5.32 Å². The molecule has 0 amide bonds. The third-order valence-corrected chi connectivity index (χ3v) is 8.79. The van der Waals surface area contributed by atoms with Gasteiger partial charge in [-0.15, -0.1) is 0 Å². The lowest BCUT2D eigenvalue weighted by molar-refractivity contribution is 0.198. The average molecular weight is 412 g/mol. The molecule has 1 rings (SSSR count). The van der Waals surface area contributed by atoms with Crippen LogP contribution in [0.15, 0.2) is 10.6 Å². The maximum Gasteiger partial charge on any atom is 0.365 e. The molecule has 0 aliphatic heterocycles. The summed E-state index contributed by atoms with van der Waals surface area (Å²) in [5.41, 5.74) is -1.37. The maximum absolute atomic E-state index is 13.3. The summed E-state index contributed by atoms with van der Waals surface area (Å²) in [6.07, 6.45) is 1.58. The van der Waals surface area contributed by atoms with Gasteiger partial charge in [0.15, 0.2) is 5.82 Å². The molecule has 152 valence electrons. The van der Waals surface area contributed by atoms with E-state index in [9.17, 15) is 9.13 Å². The second-order valence-electron chi connectivity index (χ2n) is 5.20. The van der Waals surface area contributed by atoms with Crippen LogP contribution in [0.4, 0.5) is 5.82 Å². The molecule has 0 bridgehead atoms. The first-order chi connectivity index (χ1) is 12.4. The van der Waals surface area contributed by atoms with Gasteiger partial charge in [0.25, 0.3) is 0 Å². The molecule has 0 aliphatic rings. The van der Waals surface area contributed by atoms with Crippen molar-refractivity contribution in [3.8, 4) is 0 Å². The Balaban J connectivity index is 3.29. The van der Waals surface area contributed by atoms with E-state index in [1.807, 2.05) is 6.92 Å². The number of hydrogen-bond acceptors (Lipinski definition) is 9. The van der Waals surface area contributed by atoms with Crippen LogP contribution in [0.1, 0.15) is 46.8 Å². The molecule has 1 aromatic rings. The second-order valence-corrected chi connectivity index (χ2v) is 9.83. The van der Waals surface area contributed by atoms with Gasteiger partial charge in [-0.25, -0.2) is 0 Å². The quantitative estimate of drug-likeness (QED) is 0.429. The summed E-state index contributed by atoms with van der Waals surface area (Å²) in [6, 6.07) is 1.65. The minimum absolute atomic E-state index is 0.105. The first-order valence-corrected chi connectivity index (χ1v) is 12.1. The average Bonchev–Trinajstić information content (AvgIpc) is 3.01. The van der Waals surface area contributed by atoms with Crippen molar-refractivity contribution in [2.45, 2.75) is 53.0 Å². The van der Waals surface area contributed by atoms with Crippen LogP contribution in [-0.2, 0) is 33.6 Å². The van der Waals surface area contributed by atoms with Gasteiger partial charge in [0.1, 0.15) is 5.76 Å². The largest absolute Gasteiger partial charge is 0.365 e. The monoisotopic (exact) mass is 412 g/mol. The highest BCUT2D eigenvalue weighted by molar-refractivity contribution is 7.72. The van der Waals surface area contributed by atoms with Gasteiger partial charge in [-0.2, -0.15) is 0 Å². The molecule has 9 nitrogen and oxygen atoms in total. The molecule has 0 aliphatic carbocycles. The number of hydrogen-bond donors (Lipinski definition) is 1. The summed E-state index contributed by atoms with van der Waals surface area (Å²) in [5, 5.41) is 6.74. The molecule has 1 heterocycles. The number of aromatic nitrogens is 1. The smallest absolute Gasteiger partial charge is 0.359 e. The van der Waals surface area contributed by atoms with Crippen molar-refractivity contribution < 1.29 is 31.7 Å². The normalized spacial score (nSPS) is 12.7. The van der Waals surface area contributed by atoms with Gasteiger partial charge in [-0.1, -0.05) is 12.1 Å². The van der Waals surface area contributed by atoms with Crippen LogP contribution >= 0.6 is 15.2 Å². The molecule has 0 aromatic carbocycles. The summed E-state index contributed by atoms with van der Waals surface area (Å²) in [4.78, 5) is 0. The van der Waals surface area contributed by atoms with E-state index in [0.29, 0.717) is 12.2 Å². The third-order valence-electron chi connectivity index (χ3n) is 3.17. The van der Waals surface area contributed by atoms with E-state index in [0.717, 1.165) is 6.42 Å². The Morgan fingerprint density at radius 2 is 1.42 bits per heavy atom. The Hall–Kier alpha value is -0.690. The van der Waals surface area contributed by atoms with Crippen molar-refractivity contribution in [2.24, 2.45) is 0 Å². The molecule has 0 fully saturated rings. The Morgan fingerprint density at radius 3 is 1.81 bits per heavy atom. The SMILES string of the molecule is CCCc1cc(NC(P(=O)(OCC)OCC)P(=O)(OCC)OCC)no1. The number of nitrogens with zero attached hydrogens (tertiary/aromatic N) is 1. The molecule has 0 radical (unpaired) electrons. The standard InChI is InChI=1S/C15H30N2O7P2/c1-6-11-13-12-14(17-24-13)16-15(25(18,20-7-2)21-8-3)26(19,22-9-4)23-10-5/h12,15H,6-11H2,1-5H3,(H,16,17). The number of aryl methyl sites for hydroxylation is 1. The van der Waals surface area contributed by atoms with E-state index in [2.05, 4.69) is 10.5 Å². The van der Waals surface area contributed by atoms with Crippen molar-refractivity contribution >= 4 is 21.0 Å². The summed E-state index contributed by atoms with van der Waals surface area (Å²) >= 11 is 0. The number of nitrogens with one attached hydrogen (secondary N) is 1. The highest BCUT2D eigenvalue weighted by Crippen LogP contribution is 2.70. The fourth-order valence-electron chi connectivity index (χ4n) is 2.29. The van der Waals surface area contributed by atoms with Crippen LogP contribution in [-0.4, -0.2) is 37.1 Å². The van der Waals surface area contributed by atoms with E-state index in [1.165, 1.54) is 0 Å². The van der Waals surface area contributed by atoms with Crippen molar-refractivity contribution in [3.05, 3.63) is 11.8 Å². The molecule has 26 heavy (non-hydrogen) atoms. The van der Waals surface area contributed by atoms with Crippen molar-refractivity contribution in [3.63, 3.8) is 0 Å². The fourth-order valence-corrected chi connectivity index (χ4v) is 7.21. The van der Waals surface area contributed by atoms with E-state index >= 15 is 0 Å². The molecule has 0 unspecified atom stereocenters. The summed E-state index contributed by atoms with van der Waals surface area (Å²) in [5.74, 6) is 0.914. The highest BCUT2D eigenvalue weighted by atomic mass is 31.2. The minimum atomic E-state index is -3.89. The minimum Gasteiger partial charge on any atom is -0.359 e. The zero-order chi connectivity index (χ0) is 19.6. The van der Waals surface area contributed by atoms with Crippen molar-refractivity contribution in [2.75, 3.05) is 31.7 Å². The lowest BCUT2D eigenvalue weighted by Gasteiger charge is -2.31. The molecule has 0 saturated heterocycles. The van der Waals surface area contributed by atoms with Crippen molar-refractivity contribution in [1.82, 2.24) is 5.16 Å². The summed E-state index contributed by atoms with van der Waals surface area (Å²) in [6.45, 7) is 9.11. The van der Waals surface area contributed by atoms with Crippen LogP contribution in [0, 0.1) is 0 Å². The third kappa shape index (κ3) is 6.19. The van der Waals surface area contributed by atoms with E-state index < -0.39 is 20.7 Å². The van der Waals surface area contributed by atoms with Gasteiger partial charge >= 0.3 is 15.2 Å². The predicted octanol–water partition coefficient (Wildman–Crippen LogP) is 4.85. The molecule has 1 N–H and O–H groups in total.